The Kier molecular flexibility index (Phi) is 9.71. The first-order valence-electron chi connectivity index (χ1n) is 8.69. The van der Waals surface area contributed by atoms with Crippen LogP contribution in [0.2, 0.25) is 0 Å². The summed E-state index contributed by atoms with van der Waals surface area (Å²) in [5.74, 6) is 0. The summed E-state index contributed by atoms with van der Waals surface area (Å²) in [5, 5.41) is 9.54. The van der Waals surface area contributed by atoms with Gasteiger partial charge in [0.15, 0.2) is 0 Å². The van der Waals surface area contributed by atoms with Crippen LogP contribution in [0.15, 0.2) is 35.4 Å². The van der Waals surface area contributed by atoms with E-state index in [2.05, 4.69) is 25.4 Å². The molecule has 1 aliphatic heterocycles. The summed E-state index contributed by atoms with van der Waals surface area (Å²) in [6.45, 7) is 7.60. The van der Waals surface area contributed by atoms with Crippen molar-refractivity contribution < 1.29 is 19.1 Å². The monoisotopic (exact) mass is 377 g/mol. The lowest BCUT2D eigenvalue weighted by Gasteiger charge is -2.30. The lowest BCUT2D eigenvalue weighted by Crippen LogP contribution is -2.53. The molecule has 2 atom stereocenters. The highest BCUT2D eigenvalue weighted by atomic mass is 16.6. The lowest BCUT2D eigenvalue weighted by molar-refractivity contribution is -0.129. The number of carbonyl (C=O) groups excluding carboxylic acids is 2. The second-order valence-corrected chi connectivity index (χ2v) is 6.91. The molecule has 0 unspecified atom stereocenters. The van der Waals surface area contributed by atoms with Crippen molar-refractivity contribution in [3.63, 3.8) is 0 Å². The number of ether oxygens (including phenoxy) is 2. The highest BCUT2D eigenvalue weighted by Gasteiger charge is 2.27. The van der Waals surface area contributed by atoms with Crippen molar-refractivity contribution in [3.8, 4) is 0 Å². The van der Waals surface area contributed by atoms with Gasteiger partial charge < -0.3 is 20.1 Å². The van der Waals surface area contributed by atoms with Gasteiger partial charge in [-0.05, 0) is 44.8 Å². The number of benzene rings is 1. The number of amides is 1. The van der Waals surface area contributed by atoms with Crippen molar-refractivity contribution in [3.05, 3.63) is 46.3 Å². The van der Waals surface area contributed by atoms with Gasteiger partial charge in [0, 0.05) is 11.5 Å². The van der Waals surface area contributed by atoms with Crippen LogP contribution in [-0.4, -0.2) is 43.3 Å². The Bertz CT molecular complexity index is 626. The second-order valence-electron chi connectivity index (χ2n) is 6.91. The molecule has 0 saturated carbocycles. The third-order valence-electron chi connectivity index (χ3n) is 3.51. The number of nitrogens with one attached hydrogen (secondary N) is 2. The average Bonchev–Trinajstić information content (AvgIpc) is 2.62. The maximum atomic E-state index is 11.6. The van der Waals surface area contributed by atoms with Crippen LogP contribution >= 0.6 is 0 Å². The van der Waals surface area contributed by atoms with Crippen LogP contribution in [0.1, 0.15) is 32.8 Å². The van der Waals surface area contributed by atoms with E-state index in [1.807, 2.05) is 30.3 Å². The second kappa shape index (κ2) is 11.8. The quantitative estimate of drug-likeness (QED) is 0.353. The topological polar surface area (TPSA) is 125 Å². The normalized spacial score (nSPS) is 18.8. The molecule has 1 aromatic carbocycles. The van der Waals surface area contributed by atoms with Crippen LogP contribution in [0.25, 0.3) is 10.4 Å². The van der Waals surface area contributed by atoms with Gasteiger partial charge in [0.05, 0.1) is 12.1 Å². The maximum Gasteiger partial charge on any atom is 0.407 e. The molecule has 1 heterocycles. The Morgan fingerprint density at radius 1 is 1.41 bits per heavy atom. The molecular formula is C18H27N5O4. The Hall–Kier alpha value is -2.77. The van der Waals surface area contributed by atoms with Gasteiger partial charge in [-0.1, -0.05) is 35.4 Å². The highest BCUT2D eigenvalue weighted by Crippen LogP contribution is 2.11. The lowest BCUT2D eigenvalue weighted by atomic mass is 10.0. The summed E-state index contributed by atoms with van der Waals surface area (Å²) in [5.41, 5.74) is 8.93. The van der Waals surface area contributed by atoms with Gasteiger partial charge in [-0.15, -0.1) is 0 Å². The first kappa shape index (κ1) is 22.3. The van der Waals surface area contributed by atoms with Gasteiger partial charge >= 0.3 is 6.09 Å². The van der Waals surface area contributed by atoms with Crippen LogP contribution in [-0.2, 0) is 20.9 Å². The Morgan fingerprint density at radius 2 is 2.11 bits per heavy atom. The standard InChI is InChI=1S/C10H19N5O2.C8H8O2/c1-10(2,3)17-9(16)13-8-6-12-5-4-7(8)14-15-11;9-7-10-6-8-4-2-1-3-5-8/h7-8,12H,4-6H2,1-3H3,(H,13,16);1-5,7H,6H2/t7-,8+;/m0./s1. The largest absolute Gasteiger partial charge is 0.463 e. The summed E-state index contributed by atoms with van der Waals surface area (Å²) in [6.07, 6.45) is 0.231. The number of rotatable bonds is 5. The van der Waals surface area contributed by atoms with Crippen LogP contribution in [0.4, 0.5) is 4.79 Å². The number of piperidine rings is 1. The molecule has 0 bridgehead atoms. The van der Waals surface area contributed by atoms with E-state index in [0.29, 0.717) is 26.0 Å². The summed E-state index contributed by atoms with van der Waals surface area (Å²) in [7, 11) is 0. The van der Waals surface area contributed by atoms with Crippen LogP contribution in [0, 0.1) is 0 Å². The maximum absolute atomic E-state index is 11.6. The average molecular weight is 377 g/mol. The van der Waals surface area contributed by atoms with Crippen LogP contribution in [0.5, 0.6) is 0 Å². The fraction of sp³-hybridized carbons (Fsp3) is 0.556. The summed E-state index contributed by atoms with van der Waals surface area (Å²) >= 11 is 0. The predicted molar refractivity (Wildman–Crippen MR) is 101 cm³/mol. The smallest absolute Gasteiger partial charge is 0.407 e. The third kappa shape index (κ3) is 10.1. The molecule has 1 fully saturated rings. The summed E-state index contributed by atoms with van der Waals surface area (Å²) < 4.78 is 9.69. The number of hydrogen-bond acceptors (Lipinski definition) is 6. The zero-order valence-corrected chi connectivity index (χ0v) is 15.9. The zero-order chi connectivity index (χ0) is 20.1. The number of hydrogen-bond donors (Lipinski definition) is 2. The van der Waals surface area contributed by atoms with Gasteiger partial charge in [0.25, 0.3) is 6.47 Å². The SMILES string of the molecule is CC(C)(C)OC(=O)N[C@@H]1CNCC[C@@H]1N=[N+]=[N-].O=COCc1ccccc1. The molecule has 0 radical (unpaired) electrons. The van der Waals surface area contributed by atoms with E-state index in [1.165, 1.54) is 0 Å². The molecule has 9 heteroatoms. The minimum Gasteiger partial charge on any atom is -0.463 e. The van der Waals surface area contributed by atoms with E-state index >= 15 is 0 Å². The molecule has 0 aromatic heterocycles. The van der Waals surface area contributed by atoms with E-state index in [1.54, 1.807) is 20.8 Å². The number of nitrogens with zero attached hydrogens (tertiary/aromatic N) is 3. The van der Waals surface area contributed by atoms with E-state index < -0.39 is 11.7 Å². The molecule has 0 aliphatic carbocycles. The molecular weight excluding hydrogens is 350 g/mol. The molecule has 1 saturated heterocycles. The van der Waals surface area contributed by atoms with Gasteiger partial charge in [-0.3, -0.25) is 4.79 Å². The van der Waals surface area contributed by atoms with Crippen LogP contribution < -0.4 is 10.6 Å². The first-order chi connectivity index (χ1) is 12.9. The number of azide groups is 1. The molecule has 148 valence electrons. The van der Waals surface area contributed by atoms with Crippen molar-refractivity contribution in [1.82, 2.24) is 10.6 Å². The van der Waals surface area contributed by atoms with E-state index in [4.69, 9.17) is 10.3 Å². The van der Waals surface area contributed by atoms with Crippen molar-refractivity contribution >= 4 is 12.6 Å². The van der Waals surface area contributed by atoms with Gasteiger partial charge in [0.2, 0.25) is 0 Å². The summed E-state index contributed by atoms with van der Waals surface area (Å²) in [6, 6.07) is 9.12. The summed E-state index contributed by atoms with van der Waals surface area (Å²) in [4.78, 5) is 24.1. The molecule has 0 spiro atoms. The van der Waals surface area contributed by atoms with Gasteiger partial charge in [-0.2, -0.15) is 0 Å². The van der Waals surface area contributed by atoms with Crippen molar-refractivity contribution in [2.75, 3.05) is 13.1 Å². The molecule has 9 nitrogen and oxygen atoms in total. The van der Waals surface area contributed by atoms with Crippen molar-refractivity contribution in [2.45, 2.75) is 51.5 Å². The number of carbonyl (C=O) groups is 2. The number of alkyl carbamates (subject to hydrolysis) is 1. The van der Waals surface area contributed by atoms with Crippen molar-refractivity contribution in [1.29, 1.82) is 0 Å². The molecule has 27 heavy (non-hydrogen) atoms. The Labute approximate surface area is 159 Å². The van der Waals surface area contributed by atoms with E-state index in [9.17, 15) is 9.59 Å². The molecule has 1 aliphatic rings. The third-order valence-corrected chi connectivity index (χ3v) is 3.51. The molecule has 2 rings (SSSR count). The predicted octanol–water partition coefficient (Wildman–Crippen LogP) is 2.91. The Balaban J connectivity index is 0.000000309. The minimum atomic E-state index is -0.528. The van der Waals surface area contributed by atoms with Crippen LogP contribution in [0.3, 0.4) is 0 Å². The van der Waals surface area contributed by atoms with E-state index in [0.717, 1.165) is 12.1 Å². The molecule has 2 N–H and O–H groups in total. The zero-order valence-electron chi connectivity index (χ0n) is 15.9. The Morgan fingerprint density at radius 3 is 2.70 bits per heavy atom. The van der Waals surface area contributed by atoms with Crippen molar-refractivity contribution in [2.24, 2.45) is 5.11 Å². The first-order valence-corrected chi connectivity index (χ1v) is 8.69. The fourth-order valence-corrected chi connectivity index (χ4v) is 2.36. The minimum absolute atomic E-state index is 0.213. The fourth-order valence-electron chi connectivity index (χ4n) is 2.36. The molecule has 1 amide bonds. The van der Waals surface area contributed by atoms with Gasteiger partial charge in [-0.25, -0.2) is 4.79 Å². The molecule has 1 aromatic rings. The highest BCUT2D eigenvalue weighted by molar-refractivity contribution is 5.68. The van der Waals surface area contributed by atoms with E-state index in [-0.39, 0.29) is 12.1 Å². The van der Waals surface area contributed by atoms with Gasteiger partial charge in [0.1, 0.15) is 12.2 Å².